The van der Waals surface area contributed by atoms with Gasteiger partial charge in [-0.15, -0.1) is 6.42 Å². The van der Waals surface area contributed by atoms with Gasteiger partial charge in [0.1, 0.15) is 17.2 Å². The van der Waals surface area contributed by atoms with Gasteiger partial charge >= 0.3 is 0 Å². The van der Waals surface area contributed by atoms with Crippen LogP contribution in [0, 0.1) is 24.0 Å². The number of hydrogen-bond donors (Lipinski definition) is 1. The molecule has 0 aliphatic carbocycles. The summed E-state index contributed by atoms with van der Waals surface area (Å²) in [4.78, 5) is 27.4. The van der Waals surface area contributed by atoms with E-state index in [-0.39, 0.29) is 19.0 Å². The van der Waals surface area contributed by atoms with E-state index in [0.717, 1.165) is 12.1 Å². The Balaban J connectivity index is 1.97. The second-order valence-electron chi connectivity index (χ2n) is 5.50. The smallest absolute Gasteiger partial charge is 0.259 e. The Hall–Kier alpha value is -2.46. The van der Waals surface area contributed by atoms with Gasteiger partial charge < -0.3 is 10.2 Å². The molecule has 2 rings (SSSR count). The Bertz CT molecular complexity index is 637. The summed E-state index contributed by atoms with van der Waals surface area (Å²) < 4.78 is 27.5. The van der Waals surface area contributed by atoms with Crippen LogP contribution in [0.15, 0.2) is 18.2 Å². The third-order valence-corrected chi connectivity index (χ3v) is 3.81. The van der Waals surface area contributed by atoms with Gasteiger partial charge in [-0.05, 0) is 18.6 Å². The highest BCUT2D eigenvalue weighted by Crippen LogP contribution is 2.16. The van der Waals surface area contributed by atoms with Crippen LogP contribution in [-0.2, 0) is 4.79 Å². The van der Waals surface area contributed by atoms with Crippen LogP contribution < -0.4 is 5.32 Å². The molecule has 1 aliphatic heterocycles. The molecule has 1 aliphatic rings. The van der Waals surface area contributed by atoms with Crippen molar-refractivity contribution in [3.05, 3.63) is 35.4 Å². The van der Waals surface area contributed by atoms with E-state index in [9.17, 15) is 18.4 Å². The van der Waals surface area contributed by atoms with Gasteiger partial charge in [-0.1, -0.05) is 12.0 Å². The largest absolute Gasteiger partial charge is 0.344 e. The Kier molecular flexibility index (Phi) is 6.27. The summed E-state index contributed by atoms with van der Waals surface area (Å²) in [5.41, 5.74) is -0.530. The maximum atomic E-state index is 13.8. The van der Waals surface area contributed by atoms with Crippen LogP contribution in [0.5, 0.6) is 0 Å². The highest BCUT2D eigenvalue weighted by atomic mass is 19.1. The molecule has 1 saturated heterocycles. The highest BCUT2D eigenvalue weighted by molar-refractivity contribution is 5.94. The molecule has 0 saturated carbocycles. The first-order valence-electron chi connectivity index (χ1n) is 7.68. The molecule has 1 N–H and O–H groups in total. The Morgan fingerprint density at radius 2 is 1.88 bits per heavy atom. The van der Waals surface area contributed by atoms with Crippen molar-refractivity contribution >= 4 is 11.8 Å². The lowest BCUT2D eigenvalue weighted by Crippen LogP contribution is -2.40. The third kappa shape index (κ3) is 4.52. The van der Waals surface area contributed by atoms with Crippen molar-refractivity contribution < 1.29 is 18.4 Å². The average Bonchev–Trinajstić information content (AvgIpc) is 2.78. The number of nitrogens with zero attached hydrogens (tertiary/aromatic N) is 2. The van der Waals surface area contributed by atoms with Gasteiger partial charge in [0.2, 0.25) is 5.91 Å². The van der Waals surface area contributed by atoms with Crippen LogP contribution in [0.2, 0.25) is 0 Å². The summed E-state index contributed by atoms with van der Waals surface area (Å²) >= 11 is 0. The molecule has 5 nitrogen and oxygen atoms in total. The first-order valence-corrected chi connectivity index (χ1v) is 7.68. The van der Waals surface area contributed by atoms with E-state index in [0.29, 0.717) is 32.6 Å². The molecule has 24 heavy (non-hydrogen) atoms. The molecule has 0 bridgehead atoms. The number of terminal acetylenes is 1. The minimum atomic E-state index is -0.866. The maximum absolute atomic E-state index is 13.8. The SMILES string of the molecule is C#CCNC(=O)CN1CCCN(C(=O)c2c(F)cccc2F)CC1. The number of carbonyl (C=O) groups excluding carboxylic acids is 2. The highest BCUT2D eigenvalue weighted by Gasteiger charge is 2.25. The molecule has 1 heterocycles. The zero-order valence-corrected chi connectivity index (χ0v) is 13.2. The first kappa shape index (κ1) is 17.9. The number of halogens is 2. The minimum absolute atomic E-state index is 0.170. The van der Waals surface area contributed by atoms with Gasteiger partial charge in [-0.25, -0.2) is 8.78 Å². The topological polar surface area (TPSA) is 52.7 Å². The molecule has 0 unspecified atom stereocenters. The van der Waals surface area contributed by atoms with E-state index in [2.05, 4.69) is 11.2 Å². The fourth-order valence-corrected chi connectivity index (χ4v) is 2.60. The predicted molar refractivity (Wildman–Crippen MR) is 85.2 cm³/mol. The van der Waals surface area contributed by atoms with Crippen molar-refractivity contribution in [2.75, 3.05) is 39.3 Å². The summed E-state index contributed by atoms with van der Waals surface area (Å²) in [7, 11) is 0. The van der Waals surface area contributed by atoms with Gasteiger partial charge in [0.25, 0.3) is 5.91 Å². The van der Waals surface area contributed by atoms with Crippen LogP contribution in [-0.4, -0.2) is 60.9 Å². The quantitative estimate of drug-likeness (QED) is 0.831. The molecule has 1 aromatic carbocycles. The van der Waals surface area contributed by atoms with Crippen LogP contribution in [0.1, 0.15) is 16.8 Å². The number of benzene rings is 1. The third-order valence-electron chi connectivity index (χ3n) is 3.81. The second kappa shape index (κ2) is 8.41. The molecule has 2 amide bonds. The zero-order valence-electron chi connectivity index (χ0n) is 13.2. The molecule has 1 aromatic rings. The van der Waals surface area contributed by atoms with Gasteiger partial charge in [0.05, 0.1) is 13.1 Å². The lowest BCUT2D eigenvalue weighted by Gasteiger charge is -2.22. The molecule has 128 valence electrons. The van der Waals surface area contributed by atoms with Crippen molar-refractivity contribution in [3.8, 4) is 12.3 Å². The molecule has 1 fully saturated rings. The Labute approximate surface area is 139 Å². The molecule has 0 radical (unpaired) electrons. The van der Waals surface area contributed by atoms with E-state index >= 15 is 0 Å². The second-order valence-corrected chi connectivity index (χ2v) is 5.50. The maximum Gasteiger partial charge on any atom is 0.259 e. The van der Waals surface area contributed by atoms with Crippen molar-refractivity contribution in [1.29, 1.82) is 0 Å². The van der Waals surface area contributed by atoms with Gasteiger partial charge in [-0.2, -0.15) is 0 Å². The lowest BCUT2D eigenvalue weighted by atomic mass is 10.1. The van der Waals surface area contributed by atoms with Gasteiger partial charge in [-0.3, -0.25) is 14.5 Å². The average molecular weight is 335 g/mol. The molecule has 0 aromatic heterocycles. The number of rotatable bonds is 4. The van der Waals surface area contributed by atoms with Crippen molar-refractivity contribution in [2.45, 2.75) is 6.42 Å². The van der Waals surface area contributed by atoms with E-state index in [1.807, 2.05) is 4.90 Å². The van der Waals surface area contributed by atoms with Gasteiger partial charge in [0, 0.05) is 26.2 Å². The van der Waals surface area contributed by atoms with E-state index in [1.165, 1.54) is 11.0 Å². The fraction of sp³-hybridized carbons (Fsp3) is 0.412. The van der Waals surface area contributed by atoms with E-state index < -0.39 is 23.1 Å². The summed E-state index contributed by atoms with van der Waals surface area (Å²) in [6.45, 7) is 2.10. The van der Waals surface area contributed by atoms with Crippen molar-refractivity contribution in [3.63, 3.8) is 0 Å². The molecule has 7 heteroatoms. The Morgan fingerprint density at radius 3 is 2.54 bits per heavy atom. The predicted octanol–water partition coefficient (Wildman–Crippen LogP) is 0.862. The van der Waals surface area contributed by atoms with Crippen molar-refractivity contribution in [1.82, 2.24) is 15.1 Å². The fourth-order valence-electron chi connectivity index (χ4n) is 2.60. The van der Waals surface area contributed by atoms with Crippen molar-refractivity contribution in [2.24, 2.45) is 0 Å². The van der Waals surface area contributed by atoms with Crippen LogP contribution in [0.3, 0.4) is 0 Å². The first-order chi connectivity index (χ1) is 11.5. The summed E-state index contributed by atoms with van der Waals surface area (Å²) in [5.74, 6) is -0.257. The van der Waals surface area contributed by atoms with E-state index in [4.69, 9.17) is 6.42 Å². The van der Waals surface area contributed by atoms with Crippen LogP contribution in [0.25, 0.3) is 0 Å². The normalized spacial score (nSPS) is 15.5. The summed E-state index contributed by atoms with van der Waals surface area (Å²) in [6, 6.07) is 3.35. The zero-order chi connectivity index (χ0) is 17.5. The molecular weight excluding hydrogens is 316 g/mol. The number of nitrogens with one attached hydrogen (secondary N) is 1. The summed E-state index contributed by atoms with van der Waals surface area (Å²) in [5, 5.41) is 2.58. The lowest BCUT2D eigenvalue weighted by molar-refractivity contribution is -0.121. The monoisotopic (exact) mass is 335 g/mol. The number of amides is 2. The van der Waals surface area contributed by atoms with Crippen LogP contribution in [0.4, 0.5) is 8.78 Å². The van der Waals surface area contributed by atoms with E-state index in [1.54, 1.807) is 0 Å². The molecule has 0 spiro atoms. The standard InChI is InChI=1S/C17H19F2N3O2/c1-2-7-20-15(23)12-21-8-4-9-22(11-10-21)17(24)16-13(18)5-3-6-14(16)19/h1,3,5-6H,4,7-12H2,(H,20,23). The molecule has 0 atom stereocenters. The number of hydrogen-bond acceptors (Lipinski definition) is 3. The number of carbonyl (C=O) groups is 2. The summed E-state index contributed by atoms with van der Waals surface area (Å²) in [6.07, 6.45) is 5.70. The Morgan fingerprint density at radius 1 is 1.17 bits per heavy atom. The molecular formula is C17H19F2N3O2. The van der Waals surface area contributed by atoms with Crippen LogP contribution >= 0.6 is 0 Å². The van der Waals surface area contributed by atoms with Gasteiger partial charge in [0.15, 0.2) is 0 Å². The minimum Gasteiger partial charge on any atom is -0.344 e.